The third kappa shape index (κ3) is 0.798. The molecule has 2 heteroatoms. The Balaban J connectivity index is 1.84. The maximum Gasteiger partial charge on any atom is 0.0625 e. The fraction of sp³-hybridized carbons (Fsp3) is 1.00. The Bertz CT molecular complexity index is 153. The second kappa shape index (κ2) is 2.20. The summed E-state index contributed by atoms with van der Waals surface area (Å²) in [6.45, 7) is 3.40. The Hall–Kier alpha value is -0.0800. The van der Waals surface area contributed by atoms with Crippen molar-refractivity contribution in [3.63, 3.8) is 0 Å². The minimum Gasteiger partial charge on any atom is -0.379 e. The average Bonchev–Trinajstić information content (AvgIpc) is 2.52. The van der Waals surface area contributed by atoms with Gasteiger partial charge in [-0.05, 0) is 25.8 Å². The minimum absolute atomic E-state index is 0.808. The zero-order chi connectivity index (χ0) is 7.26. The Morgan fingerprint density at radius 3 is 3.27 bits per heavy atom. The summed E-state index contributed by atoms with van der Waals surface area (Å²) in [6.07, 6.45) is 4.30. The summed E-state index contributed by atoms with van der Waals surface area (Å²) < 4.78 is 5.48. The van der Waals surface area contributed by atoms with Gasteiger partial charge in [-0.1, -0.05) is 0 Å². The summed E-state index contributed by atoms with van der Waals surface area (Å²) in [5.74, 6) is 0.889. The highest BCUT2D eigenvalue weighted by Crippen LogP contribution is 2.39. The molecule has 3 atom stereocenters. The molecule has 0 aromatic rings. The highest BCUT2D eigenvalue weighted by atomic mass is 16.5. The van der Waals surface area contributed by atoms with E-state index in [4.69, 9.17) is 4.74 Å². The van der Waals surface area contributed by atoms with Crippen LogP contribution in [-0.4, -0.2) is 36.7 Å². The molecule has 3 aliphatic heterocycles. The Morgan fingerprint density at radius 2 is 2.27 bits per heavy atom. The zero-order valence-electron chi connectivity index (χ0n) is 6.83. The quantitative estimate of drug-likeness (QED) is 0.512. The fourth-order valence-corrected chi connectivity index (χ4v) is 3.08. The Kier molecular flexibility index (Phi) is 1.29. The van der Waals surface area contributed by atoms with E-state index in [0.717, 1.165) is 31.2 Å². The lowest BCUT2D eigenvalue weighted by Crippen LogP contribution is -2.33. The van der Waals surface area contributed by atoms with Crippen LogP contribution in [0.4, 0.5) is 0 Å². The topological polar surface area (TPSA) is 12.5 Å². The van der Waals surface area contributed by atoms with Gasteiger partial charge in [-0.15, -0.1) is 0 Å². The van der Waals surface area contributed by atoms with Gasteiger partial charge < -0.3 is 4.74 Å². The normalized spacial score (nSPS) is 49.6. The van der Waals surface area contributed by atoms with Crippen LogP contribution >= 0.6 is 0 Å². The predicted octanol–water partition coefficient (Wildman–Crippen LogP) is 0.869. The summed E-state index contributed by atoms with van der Waals surface area (Å²) in [4.78, 5) is 2.69. The fourth-order valence-electron chi connectivity index (χ4n) is 3.08. The molecule has 0 spiro atoms. The lowest BCUT2D eigenvalue weighted by Gasteiger charge is -2.20. The molecule has 0 aliphatic carbocycles. The van der Waals surface area contributed by atoms with E-state index in [1.807, 2.05) is 0 Å². The van der Waals surface area contributed by atoms with Gasteiger partial charge in [0.1, 0.15) is 0 Å². The molecule has 3 unspecified atom stereocenters. The molecule has 3 fully saturated rings. The monoisotopic (exact) mass is 153 g/mol. The van der Waals surface area contributed by atoms with E-state index in [2.05, 4.69) is 4.90 Å². The predicted molar refractivity (Wildman–Crippen MR) is 42.4 cm³/mol. The lowest BCUT2D eigenvalue weighted by molar-refractivity contribution is 0.140. The molecule has 2 nitrogen and oxygen atoms in total. The molecule has 0 aromatic carbocycles. The zero-order valence-corrected chi connectivity index (χ0v) is 6.83. The maximum atomic E-state index is 5.48. The summed E-state index contributed by atoms with van der Waals surface area (Å²) in [5.41, 5.74) is 0. The highest BCUT2D eigenvalue weighted by Gasteiger charge is 2.45. The molecule has 3 aliphatic rings. The average molecular weight is 153 g/mol. The second-order valence-electron chi connectivity index (χ2n) is 4.13. The van der Waals surface area contributed by atoms with Crippen molar-refractivity contribution < 1.29 is 4.74 Å². The van der Waals surface area contributed by atoms with E-state index in [-0.39, 0.29) is 0 Å². The molecule has 0 radical (unpaired) electrons. The number of hydrogen-bond donors (Lipinski definition) is 0. The number of nitrogens with zero attached hydrogens (tertiary/aromatic N) is 1. The molecular formula is C9H15NO. The molecule has 3 rings (SSSR count). The van der Waals surface area contributed by atoms with Crippen molar-refractivity contribution in [1.29, 1.82) is 0 Å². The summed E-state index contributed by atoms with van der Waals surface area (Å²) in [5, 5.41) is 0. The standard InChI is InChI=1S/C9H15NO/c1-2-8-4-7-5-11-6-9(7)10(8)3-1/h7-9H,1-6H2. The van der Waals surface area contributed by atoms with Crippen LogP contribution in [0.3, 0.4) is 0 Å². The molecule has 11 heavy (non-hydrogen) atoms. The van der Waals surface area contributed by atoms with Gasteiger partial charge in [0.05, 0.1) is 13.2 Å². The smallest absolute Gasteiger partial charge is 0.0625 e. The summed E-state index contributed by atoms with van der Waals surface area (Å²) in [6, 6.07) is 1.75. The number of hydrogen-bond acceptors (Lipinski definition) is 2. The van der Waals surface area contributed by atoms with E-state index < -0.39 is 0 Å². The molecule has 0 N–H and O–H groups in total. The summed E-state index contributed by atoms with van der Waals surface area (Å²) >= 11 is 0. The van der Waals surface area contributed by atoms with Gasteiger partial charge in [-0.2, -0.15) is 0 Å². The van der Waals surface area contributed by atoms with E-state index >= 15 is 0 Å². The van der Waals surface area contributed by atoms with Gasteiger partial charge in [0.25, 0.3) is 0 Å². The first-order chi connectivity index (χ1) is 5.45. The van der Waals surface area contributed by atoms with E-state index in [1.54, 1.807) is 0 Å². The molecular weight excluding hydrogens is 138 g/mol. The Morgan fingerprint density at radius 1 is 1.27 bits per heavy atom. The van der Waals surface area contributed by atoms with Gasteiger partial charge in [0.2, 0.25) is 0 Å². The van der Waals surface area contributed by atoms with Gasteiger partial charge in [-0.3, -0.25) is 4.90 Å². The molecule has 0 amide bonds. The first-order valence-corrected chi connectivity index (χ1v) is 4.78. The number of ether oxygens (including phenoxy) is 1. The number of rotatable bonds is 0. The first-order valence-electron chi connectivity index (χ1n) is 4.78. The van der Waals surface area contributed by atoms with E-state index in [0.29, 0.717) is 0 Å². The minimum atomic E-state index is 0.808. The van der Waals surface area contributed by atoms with E-state index in [1.165, 1.54) is 25.8 Å². The van der Waals surface area contributed by atoms with Gasteiger partial charge in [0.15, 0.2) is 0 Å². The van der Waals surface area contributed by atoms with Crippen LogP contribution in [-0.2, 0) is 4.74 Å². The third-order valence-electron chi connectivity index (χ3n) is 3.59. The van der Waals surface area contributed by atoms with Crippen molar-refractivity contribution in [2.75, 3.05) is 19.8 Å². The highest BCUT2D eigenvalue weighted by molar-refractivity contribution is 4.99. The van der Waals surface area contributed by atoms with Crippen LogP contribution in [0, 0.1) is 5.92 Å². The number of fused-ring (bicyclic) bond motifs is 3. The molecule has 3 heterocycles. The lowest BCUT2D eigenvalue weighted by atomic mass is 10.0. The van der Waals surface area contributed by atoms with Crippen LogP contribution < -0.4 is 0 Å². The molecule has 62 valence electrons. The van der Waals surface area contributed by atoms with Crippen LogP contribution in [0.2, 0.25) is 0 Å². The van der Waals surface area contributed by atoms with Gasteiger partial charge in [-0.25, -0.2) is 0 Å². The second-order valence-corrected chi connectivity index (χ2v) is 4.13. The van der Waals surface area contributed by atoms with Crippen molar-refractivity contribution in [3.8, 4) is 0 Å². The van der Waals surface area contributed by atoms with Crippen LogP contribution in [0.15, 0.2) is 0 Å². The largest absolute Gasteiger partial charge is 0.379 e. The molecule has 0 aromatic heterocycles. The first kappa shape index (κ1) is 6.44. The van der Waals surface area contributed by atoms with Crippen molar-refractivity contribution >= 4 is 0 Å². The summed E-state index contributed by atoms with van der Waals surface area (Å²) in [7, 11) is 0. The molecule has 3 saturated heterocycles. The molecule has 0 saturated carbocycles. The van der Waals surface area contributed by atoms with Gasteiger partial charge in [0, 0.05) is 18.0 Å². The van der Waals surface area contributed by atoms with Crippen LogP contribution in [0.1, 0.15) is 19.3 Å². The SMILES string of the molecule is C1CC2CC3COCC3N2C1. The maximum absolute atomic E-state index is 5.48. The Labute approximate surface area is 67.5 Å². The third-order valence-corrected chi connectivity index (χ3v) is 3.59. The van der Waals surface area contributed by atoms with E-state index in [9.17, 15) is 0 Å². The van der Waals surface area contributed by atoms with Crippen molar-refractivity contribution in [1.82, 2.24) is 4.90 Å². The van der Waals surface area contributed by atoms with Crippen molar-refractivity contribution in [2.45, 2.75) is 31.3 Å². The van der Waals surface area contributed by atoms with Gasteiger partial charge >= 0.3 is 0 Å². The van der Waals surface area contributed by atoms with Crippen LogP contribution in [0.25, 0.3) is 0 Å². The van der Waals surface area contributed by atoms with Crippen molar-refractivity contribution in [2.24, 2.45) is 5.92 Å². The molecule has 0 bridgehead atoms. The van der Waals surface area contributed by atoms with Crippen LogP contribution in [0.5, 0.6) is 0 Å². The van der Waals surface area contributed by atoms with Crippen molar-refractivity contribution in [3.05, 3.63) is 0 Å².